The predicted octanol–water partition coefficient (Wildman–Crippen LogP) is 4.18. The van der Waals surface area contributed by atoms with E-state index >= 15 is 0 Å². The number of benzene rings is 2. The molecule has 6 heteroatoms. The lowest BCUT2D eigenvalue weighted by Crippen LogP contribution is -2.14. The van der Waals surface area contributed by atoms with E-state index in [4.69, 9.17) is 11.6 Å². The molecule has 0 saturated heterocycles. The van der Waals surface area contributed by atoms with E-state index in [0.717, 1.165) is 5.56 Å². The van der Waals surface area contributed by atoms with Gasteiger partial charge in [0.2, 0.25) is 0 Å². The highest BCUT2D eigenvalue weighted by Crippen LogP contribution is 2.29. The van der Waals surface area contributed by atoms with Crippen molar-refractivity contribution in [2.75, 3.05) is 5.32 Å². The number of carbonyl (C=O) groups excluding carboxylic acids is 2. The van der Waals surface area contributed by atoms with Gasteiger partial charge in [-0.1, -0.05) is 35.9 Å². The van der Waals surface area contributed by atoms with Crippen LogP contribution in [0.3, 0.4) is 0 Å². The smallest absolute Gasteiger partial charge is 0.287 e. The van der Waals surface area contributed by atoms with E-state index in [1.165, 1.54) is 6.08 Å². The molecule has 5 nitrogen and oxygen atoms in total. The van der Waals surface area contributed by atoms with E-state index in [9.17, 15) is 9.59 Å². The maximum absolute atomic E-state index is 12.4. The summed E-state index contributed by atoms with van der Waals surface area (Å²) in [5.41, 5.74) is 1.83. The summed E-state index contributed by atoms with van der Waals surface area (Å²) in [6.45, 7) is 0. The Hall–Kier alpha value is -2.79. The molecule has 2 aromatic rings. The number of anilines is 1. The van der Waals surface area contributed by atoms with Gasteiger partial charge in [-0.3, -0.25) is 9.59 Å². The molecule has 3 rings (SSSR count). The van der Waals surface area contributed by atoms with Crippen LogP contribution in [0.5, 0.6) is 0 Å². The van der Waals surface area contributed by atoms with E-state index in [1.807, 2.05) is 18.2 Å². The van der Waals surface area contributed by atoms with Gasteiger partial charge in [0.15, 0.2) is 0 Å². The van der Waals surface area contributed by atoms with Crippen LogP contribution in [0.25, 0.3) is 0 Å². The zero-order valence-electron chi connectivity index (χ0n) is 11.9. The SMILES string of the molecule is O=C1C=CC(c2ccccc2NC(=O)c2cccc(Cl)c2)N=N1. The number of nitrogens with one attached hydrogen (secondary N) is 1. The quantitative estimate of drug-likeness (QED) is 0.919. The van der Waals surface area contributed by atoms with Crippen LogP contribution in [0.4, 0.5) is 5.69 Å². The second-order valence-electron chi connectivity index (χ2n) is 4.91. The van der Waals surface area contributed by atoms with Crippen molar-refractivity contribution in [2.45, 2.75) is 6.04 Å². The highest BCUT2D eigenvalue weighted by atomic mass is 35.5. The first-order chi connectivity index (χ1) is 11.1. The van der Waals surface area contributed by atoms with Crippen LogP contribution in [-0.4, -0.2) is 11.8 Å². The van der Waals surface area contributed by atoms with E-state index in [0.29, 0.717) is 16.3 Å². The Kier molecular flexibility index (Phi) is 4.30. The monoisotopic (exact) mass is 325 g/mol. The Morgan fingerprint density at radius 1 is 1.13 bits per heavy atom. The Morgan fingerprint density at radius 2 is 1.96 bits per heavy atom. The zero-order valence-corrected chi connectivity index (χ0v) is 12.7. The van der Waals surface area contributed by atoms with Crippen molar-refractivity contribution in [3.05, 3.63) is 76.8 Å². The summed E-state index contributed by atoms with van der Waals surface area (Å²) in [5.74, 6) is -0.658. The van der Waals surface area contributed by atoms with Crippen molar-refractivity contribution in [3.63, 3.8) is 0 Å². The van der Waals surface area contributed by atoms with Gasteiger partial charge >= 0.3 is 0 Å². The molecule has 1 unspecified atom stereocenters. The largest absolute Gasteiger partial charge is 0.322 e. The minimum atomic E-state index is -0.399. The first kappa shape index (κ1) is 15.1. The third kappa shape index (κ3) is 3.52. The van der Waals surface area contributed by atoms with Crippen LogP contribution in [0, 0.1) is 0 Å². The van der Waals surface area contributed by atoms with Crippen LogP contribution in [-0.2, 0) is 4.79 Å². The van der Waals surface area contributed by atoms with E-state index in [2.05, 4.69) is 15.5 Å². The van der Waals surface area contributed by atoms with Gasteiger partial charge in [0.05, 0.1) is 0 Å². The number of amides is 2. The molecule has 0 fully saturated rings. The maximum Gasteiger partial charge on any atom is 0.287 e. The number of halogens is 1. The summed E-state index contributed by atoms with van der Waals surface area (Å²) in [5, 5.41) is 10.8. The van der Waals surface area contributed by atoms with Crippen LogP contribution in [0.2, 0.25) is 5.02 Å². The number of hydrogen-bond donors (Lipinski definition) is 1. The minimum absolute atomic E-state index is 0.271. The predicted molar refractivity (Wildman–Crippen MR) is 87.6 cm³/mol. The van der Waals surface area contributed by atoms with Gasteiger partial charge in [0.25, 0.3) is 11.8 Å². The Bertz CT molecular complexity index is 814. The minimum Gasteiger partial charge on any atom is -0.322 e. The number of hydrogen-bond acceptors (Lipinski definition) is 3. The highest BCUT2D eigenvalue weighted by molar-refractivity contribution is 6.31. The fraction of sp³-hybridized carbons (Fsp3) is 0.0588. The van der Waals surface area contributed by atoms with Gasteiger partial charge in [-0.15, -0.1) is 5.11 Å². The molecule has 0 radical (unpaired) electrons. The molecule has 0 aromatic heterocycles. The average molecular weight is 326 g/mol. The second-order valence-corrected chi connectivity index (χ2v) is 5.35. The normalized spacial score (nSPS) is 16.4. The molecule has 1 atom stereocenters. The molecular formula is C17H12ClN3O2. The van der Waals surface area contributed by atoms with Crippen molar-refractivity contribution in [1.29, 1.82) is 0 Å². The van der Waals surface area contributed by atoms with Gasteiger partial charge < -0.3 is 5.32 Å². The van der Waals surface area contributed by atoms with Crippen LogP contribution in [0.1, 0.15) is 22.0 Å². The van der Waals surface area contributed by atoms with Crippen molar-refractivity contribution < 1.29 is 9.59 Å². The second kappa shape index (κ2) is 6.54. The standard InChI is InChI=1S/C17H12ClN3O2/c18-12-5-3-4-11(10-12)17(23)19-14-7-2-1-6-13(14)15-8-9-16(22)21-20-15/h1-10,15H,(H,19,23). The fourth-order valence-corrected chi connectivity index (χ4v) is 2.41. The topological polar surface area (TPSA) is 70.9 Å². The summed E-state index contributed by atoms with van der Waals surface area (Å²) >= 11 is 5.91. The molecule has 0 saturated carbocycles. The molecule has 0 bridgehead atoms. The lowest BCUT2D eigenvalue weighted by Gasteiger charge is -2.15. The zero-order chi connectivity index (χ0) is 16.2. The van der Waals surface area contributed by atoms with E-state index in [1.54, 1.807) is 36.4 Å². The molecule has 0 aliphatic carbocycles. The van der Waals surface area contributed by atoms with Crippen molar-refractivity contribution in [1.82, 2.24) is 0 Å². The molecule has 114 valence electrons. The van der Waals surface area contributed by atoms with Gasteiger partial charge in [-0.25, -0.2) is 0 Å². The summed E-state index contributed by atoms with van der Waals surface area (Å²) < 4.78 is 0. The summed E-state index contributed by atoms with van der Waals surface area (Å²) in [6.07, 6.45) is 3.02. The number of nitrogens with zero attached hydrogens (tertiary/aromatic N) is 2. The highest BCUT2D eigenvalue weighted by Gasteiger charge is 2.17. The Labute approximate surface area is 137 Å². The van der Waals surface area contributed by atoms with Gasteiger partial charge in [-0.2, -0.15) is 5.11 Å². The van der Waals surface area contributed by atoms with E-state index < -0.39 is 6.04 Å². The number of rotatable bonds is 3. The van der Waals surface area contributed by atoms with Gasteiger partial charge in [-0.05, 0) is 30.3 Å². The Balaban J connectivity index is 1.86. The van der Waals surface area contributed by atoms with Gasteiger partial charge in [0, 0.05) is 27.9 Å². The molecule has 1 aliphatic heterocycles. The molecule has 2 aromatic carbocycles. The summed E-state index contributed by atoms with van der Waals surface area (Å²) in [6, 6.07) is 13.6. The third-order valence-corrected chi connectivity index (χ3v) is 3.55. The molecular weight excluding hydrogens is 314 g/mol. The summed E-state index contributed by atoms with van der Waals surface area (Å²) in [4.78, 5) is 23.4. The molecule has 1 aliphatic rings. The number of carbonyl (C=O) groups is 2. The number of para-hydroxylation sites is 1. The third-order valence-electron chi connectivity index (χ3n) is 3.32. The average Bonchev–Trinajstić information content (AvgIpc) is 2.56. The molecule has 1 N–H and O–H groups in total. The van der Waals surface area contributed by atoms with Crippen molar-refractivity contribution in [2.24, 2.45) is 10.2 Å². The van der Waals surface area contributed by atoms with Crippen LogP contribution >= 0.6 is 11.6 Å². The fourth-order valence-electron chi connectivity index (χ4n) is 2.22. The first-order valence-corrected chi connectivity index (χ1v) is 7.30. The van der Waals surface area contributed by atoms with Gasteiger partial charge in [0.1, 0.15) is 6.04 Å². The molecule has 2 amide bonds. The lowest BCUT2D eigenvalue weighted by molar-refractivity contribution is -0.114. The number of azo groups is 1. The van der Waals surface area contributed by atoms with Crippen molar-refractivity contribution >= 4 is 29.1 Å². The molecule has 1 heterocycles. The molecule has 0 spiro atoms. The van der Waals surface area contributed by atoms with Crippen LogP contribution < -0.4 is 5.32 Å². The lowest BCUT2D eigenvalue weighted by atomic mass is 10.0. The van der Waals surface area contributed by atoms with E-state index in [-0.39, 0.29) is 11.8 Å². The first-order valence-electron chi connectivity index (χ1n) is 6.92. The Morgan fingerprint density at radius 3 is 2.70 bits per heavy atom. The van der Waals surface area contributed by atoms with Crippen LogP contribution in [0.15, 0.2) is 70.9 Å². The van der Waals surface area contributed by atoms with Crippen molar-refractivity contribution in [3.8, 4) is 0 Å². The maximum atomic E-state index is 12.4. The molecule has 23 heavy (non-hydrogen) atoms. The summed E-state index contributed by atoms with van der Waals surface area (Å²) in [7, 11) is 0.